The molecule has 1 atom stereocenters. The number of anilines is 1. The molecule has 0 saturated carbocycles. The maximum absolute atomic E-state index is 13.9. The third-order valence-electron chi connectivity index (χ3n) is 5.23. The normalized spacial score (nSPS) is 11.6. The van der Waals surface area contributed by atoms with Gasteiger partial charge in [0.2, 0.25) is 5.06 Å². The van der Waals surface area contributed by atoms with Crippen molar-refractivity contribution >= 4 is 52.3 Å². The van der Waals surface area contributed by atoms with Gasteiger partial charge in [-0.2, -0.15) is 0 Å². The predicted molar refractivity (Wildman–Crippen MR) is 137 cm³/mol. The Morgan fingerprint density at radius 1 is 0.941 bits per heavy atom. The number of carbonyl (C=O) groups is 2. The lowest BCUT2D eigenvalue weighted by Crippen LogP contribution is -2.34. The summed E-state index contributed by atoms with van der Waals surface area (Å²) in [5, 5.41) is 10.1. The van der Waals surface area contributed by atoms with Crippen molar-refractivity contribution in [1.29, 1.82) is 0 Å². The first kappa shape index (κ1) is 23.8. The monoisotopic (exact) mass is 511 g/mol. The first-order valence-corrected chi connectivity index (χ1v) is 11.9. The Balaban J connectivity index is 1.89. The third-order valence-corrected chi connectivity index (χ3v) is 6.83. The van der Waals surface area contributed by atoms with E-state index in [9.17, 15) is 14.7 Å². The molecule has 0 spiro atoms. The lowest BCUT2D eigenvalue weighted by atomic mass is 10.0. The molecule has 0 radical (unpaired) electrons. The van der Waals surface area contributed by atoms with Gasteiger partial charge in [0.05, 0.1) is 16.6 Å². The van der Waals surface area contributed by atoms with Crippen LogP contribution in [0, 0.1) is 0 Å². The van der Waals surface area contributed by atoms with Crippen LogP contribution in [0.2, 0.25) is 10.0 Å². The van der Waals surface area contributed by atoms with E-state index in [1.807, 2.05) is 67.6 Å². The zero-order valence-corrected chi connectivity index (χ0v) is 20.3. The maximum atomic E-state index is 13.9. The Morgan fingerprint density at radius 2 is 1.59 bits per heavy atom. The number of carboxylic acid groups (broad SMARTS) is 1. The molecular formula is C26H19Cl2NO4S. The minimum Gasteiger partial charge on any atom is -0.449 e. The van der Waals surface area contributed by atoms with Gasteiger partial charge in [-0.15, -0.1) is 0 Å². The van der Waals surface area contributed by atoms with Gasteiger partial charge in [-0.3, -0.25) is 9.69 Å². The Bertz CT molecular complexity index is 1330. The molecule has 1 heterocycles. The van der Waals surface area contributed by atoms with Crippen LogP contribution in [-0.2, 0) is 0 Å². The largest absolute Gasteiger partial charge is 0.512 e. The first-order chi connectivity index (χ1) is 16.3. The molecule has 4 aromatic rings. The fourth-order valence-electron chi connectivity index (χ4n) is 3.60. The molecule has 1 aromatic heterocycles. The van der Waals surface area contributed by atoms with Crippen molar-refractivity contribution < 1.29 is 19.4 Å². The summed E-state index contributed by atoms with van der Waals surface area (Å²) in [6.45, 7) is 1.86. The van der Waals surface area contributed by atoms with Gasteiger partial charge in [-0.25, -0.2) is 4.79 Å². The summed E-state index contributed by atoms with van der Waals surface area (Å²) in [7, 11) is 0. The van der Waals surface area contributed by atoms with E-state index in [0.717, 1.165) is 27.3 Å². The summed E-state index contributed by atoms with van der Waals surface area (Å²) in [5.41, 5.74) is 2.30. The molecule has 1 amide bonds. The Morgan fingerprint density at radius 3 is 2.21 bits per heavy atom. The van der Waals surface area contributed by atoms with Crippen molar-refractivity contribution in [2.45, 2.75) is 13.0 Å². The van der Waals surface area contributed by atoms with E-state index in [1.165, 1.54) is 11.0 Å². The molecule has 8 heteroatoms. The van der Waals surface area contributed by atoms with E-state index in [-0.39, 0.29) is 15.6 Å². The zero-order chi connectivity index (χ0) is 24.2. The number of benzene rings is 3. The van der Waals surface area contributed by atoms with Gasteiger partial charge in [0.1, 0.15) is 5.69 Å². The van der Waals surface area contributed by atoms with E-state index in [4.69, 9.17) is 27.9 Å². The molecule has 0 saturated heterocycles. The Kier molecular flexibility index (Phi) is 7.22. The van der Waals surface area contributed by atoms with Crippen LogP contribution < -0.4 is 9.64 Å². The predicted octanol–water partition coefficient (Wildman–Crippen LogP) is 8.19. The molecule has 0 fully saturated rings. The van der Waals surface area contributed by atoms with E-state index in [0.29, 0.717) is 10.7 Å². The molecule has 0 aliphatic carbocycles. The highest BCUT2D eigenvalue weighted by molar-refractivity contribution is 7.18. The van der Waals surface area contributed by atoms with Gasteiger partial charge in [0.15, 0.2) is 0 Å². The minimum absolute atomic E-state index is 0.0903. The molecule has 3 aromatic carbocycles. The second kappa shape index (κ2) is 10.3. The number of thiophene rings is 1. The number of hydrogen-bond donors (Lipinski definition) is 1. The lowest BCUT2D eigenvalue weighted by molar-refractivity contribution is 0.0976. The zero-order valence-electron chi connectivity index (χ0n) is 17.9. The van der Waals surface area contributed by atoms with E-state index in [2.05, 4.69) is 0 Å². The van der Waals surface area contributed by atoms with Crippen LogP contribution in [0.3, 0.4) is 0 Å². The fourth-order valence-corrected chi connectivity index (χ4v) is 5.09. The van der Waals surface area contributed by atoms with Crippen LogP contribution in [0.5, 0.6) is 5.06 Å². The van der Waals surface area contributed by atoms with E-state index < -0.39 is 18.1 Å². The van der Waals surface area contributed by atoms with Crippen molar-refractivity contribution in [3.05, 3.63) is 106 Å². The van der Waals surface area contributed by atoms with Gasteiger partial charge in [-0.05, 0) is 42.3 Å². The van der Waals surface area contributed by atoms with Crippen LogP contribution in [0.25, 0.3) is 10.4 Å². The van der Waals surface area contributed by atoms with Gasteiger partial charge in [0.25, 0.3) is 5.91 Å². The van der Waals surface area contributed by atoms with Gasteiger partial charge in [0, 0.05) is 9.90 Å². The number of amides is 1. The Hall–Kier alpha value is -3.32. The highest BCUT2D eigenvalue weighted by Gasteiger charge is 2.31. The van der Waals surface area contributed by atoms with Crippen LogP contribution in [0.4, 0.5) is 10.5 Å². The van der Waals surface area contributed by atoms with Crippen LogP contribution in [0.1, 0.15) is 28.9 Å². The number of carbonyl (C=O) groups excluding carboxylic acids is 1. The minimum atomic E-state index is -1.47. The van der Waals surface area contributed by atoms with Crippen molar-refractivity contribution in [2.75, 3.05) is 4.90 Å². The highest BCUT2D eigenvalue weighted by Crippen LogP contribution is 2.46. The molecule has 5 nitrogen and oxygen atoms in total. The first-order valence-electron chi connectivity index (χ1n) is 10.3. The van der Waals surface area contributed by atoms with E-state index in [1.54, 1.807) is 18.2 Å². The van der Waals surface area contributed by atoms with Crippen molar-refractivity contribution in [2.24, 2.45) is 0 Å². The molecule has 0 bridgehead atoms. The molecule has 0 aliphatic rings. The number of halogens is 2. The van der Waals surface area contributed by atoms with Crippen molar-refractivity contribution in [3.63, 3.8) is 0 Å². The average molecular weight is 512 g/mol. The third kappa shape index (κ3) is 5.09. The molecule has 172 valence electrons. The van der Waals surface area contributed by atoms with Gasteiger partial charge >= 0.3 is 6.16 Å². The highest BCUT2D eigenvalue weighted by atomic mass is 35.5. The van der Waals surface area contributed by atoms with Crippen molar-refractivity contribution in [1.82, 2.24) is 0 Å². The summed E-state index contributed by atoms with van der Waals surface area (Å²) < 4.78 is 5.14. The fraction of sp³-hybridized carbons (Fsp3) is 0.0769. The quantitative estimate of drug-likeness (QED) is 0.265. The van der Waals surface area contributed by atoms with Crippen LogP contribution in [0.15, 0.2) is 84.9 Å². The van der Waals surface area contributed by atoms with Crippen molar-refractivity contribution in [3.8, 4) is 15.5 Å². The summed E-state index contributed by atoms with van der Waals surface area (Å²) in [4.78, 5) is 27.6. The molecule has 1 N–H and O–H groups in total. The number of rotatable bonds is 6. The average Bonchev–Trinajstić information content (AvgIpc) is 3.22. The summed E-state index contributed by atoms with van der Waals surface area (Å²) in [6.07, 6.45) is -1.47. The topological polar surface area (TPSA) is 66.8 Å². The SMILES string of the molecule is CC(c1ccccc1)N(C(=O)c1ccc(Cl)cc1Cl)c1cc(-c2ccccc2)sc1OC(=O)O. The van der Waals surface area contributed by atoms with E-state index >= 15 is 0 Å². The van der Waals surface area contributed by atoms with Crippen LogP contribution >= 0.6 is 34.5 Å². The smallest absolute Gasteiger partial charge is 0.449 e. The number of nitrogens with zero attached hydrogens (tertiary/aromatic N) is 1. The Labute approximate surface area is 210 Å². The van der Waals surface area contributed by atoms with Gasteiger partial charge in [-0.1, -0.05) is 95.2 Å². The molecular weight excluding hydrogens is 493 g/mol. The molecule has 34 heavy (non-hydrogen) atoms. The van der Waals surface area contributed by atoms with Gasteiger partial charge < -0.3 is 9.84 Å². The molecule has 1 unspecified atom stereocenters. The maximum Gasteiger partial charge on any atom is 0.512 e. The number of ether oxygens (including phenoxy) is 1. The van der Waals surface area contributed by atoms with Crippen LogP contribution in [-0.4, -0.2) is 17.2 Å². The standard InChI is InChI=1S/C26H19Cl2NO4S/c1-16(17-8-4-2-5-9-17)29(24(30)20-13-12-19(27)14-21(20)28)22-15-23(18-10-6-3-7-11-18)34-25(22)33-26(31)32/h2-16H,1H3,(H,31,32). The summed E-state index contributed by atoms with van der Waals surface area (Å²) in [5.74, 6) is -0.411. The second-order valence-corrected chi connectivity index (χ2v) is 9.26. The molecule has 4 rings (SSSR count). The number of hydrogen-bond acceptors (Lipinski definition) is 4. The second-order valence-electron chi connectivity index (χ2n) is 7.40. The summed E-state index contributed by atoms with van der Waals surface area (Å²) in [6, 6.07) is 24.8. The molecule has 0 aliphatic heterocycles. The lowest BCUT2D eigenvalue weighted by Gasteiger charge is -2.30. The summed E-state index contributed by atoms with van der Waals surface area (Å²) >= 11 is 13.6.